The van der Waals surface area contributed by atoms with Crippen molar-refractivity contribution < 1.29 is 14.3 Å². The Morgan fingerprint density at radius 2 is 2.10 bits per heavy atom. The van der Waals surface area contributed by atoms with Gasteiger partial charge in [0.05, 0.1) is 6.54 Å². The number of furan rings is 1. The maximum absolute atomic E-state index is 11.7. The smallest absolute Gasteiger partial charge is 0.220 e. The van der Waals surface area contributed by atoms with Gasteiger partial charge in [-0.25, -0.2) is 0 Å². The van der Waals surface area contributed by atoms with Crippen LogP contribution in [0.3, 0.4) is 0 Å². The lowest BCUT2D eigenvalue weighted by molar-refractivity contribution is -0.123. The SMILES string of the molecule is CC(C)CC(=O)NCC(C)(O)c1cc2ccccc2o1. The second-order valence-corrected chi connectivity index (χ2v) is 5.80. The van der Waals surface area contributed by atoms with Crippen LogP contribution < -0.4 is 5.32 Å². The lowest BCUT2D eigenvalue weighted by Crippen LogP contribution is -2.38. The first-order valence-electron chi connectivity index (χ1n) is 6.86. The second-order valence-electron chi connectivity index (χ2n) is 5.80. The van der Waals surface area contributed by atoms with Gasteiger partial charge < -0.3 is 14.8 Å². The summed E-state index contributed by atoms with van der Waals surface area (Å²) in [5.74, 6) is 0.700. The van der Waals surface area contributed by atoms with E-state index in [4.69, 9.17) is 4.42 Å². The average Bonchev–Trinajstić information content (AvgIpc) is 2.80. The molecule has 2 N–H and O–H groups in total. The summed E-state index contributed by atoms with van der Waals surface area (Å²) in [5, 5.41) is 14.2. The van der Waals surface area contributed by atoms with Gasteiger partial charge in [-0.1, -0.05) is 32.0 Å². The summed E-state index contributed by atoms with van der Waals surface area (Å²) in [5.41, 5.74) is -0.484. The highest BCUT2D eigenvalue weighted by molar-refractivity contribution is 5.78. The van der Waals surface area contributed by atoms with Gasteiger partial charge in [-0.15, -0.1) is 0 Å². The predicted octanol–water partition coefficient (Wildman–Crippen LogP) is 2.80. The van der Waals surface area contributed by atoms with Gasteiger partial charge in [0.2, 0.25) is 5.91 Å². The van der Waals surface area contributed by atoms with Gasteiger partial charge in [-0.05, 0) is 25.0 Å². The van der Waals surface area contributed by atoms with Crippen LogP contribution in [-0.2, 0) is 10.4 Å². The monoisotopic (exact) mass is 275 g/mol. The molecule has 1 aromatic heterocycles. The zero-order valence-electron chi connectivity index (χ0n) is 12.1. The largest absolute Gasteiger partial charge is 0.458 e. The molecule has 0 saturated carbocycles. The summed E-state index contributed by atoms with van der Waals surface area (Å²) in [7, 11) is 0. The normalized spacial score (nSPS) is 14.4. The average molecular weight is 275 g/mol. The molecule has 1 atom stereocenters. The zero-order valence-corrected chi connectivity index (χ0v) is 12.1. The summed E-state index contributed by atoms with van der Waals surface area (Å²) in [6.45, 7) is 5.74. The Bertz CT molecular complexity index is 566. The van der Waals surface area contributed by atoms with Crippen molar-refractivity contribution in [2.45, 2.75) is 32.8 Å². The number of benzene rings is 1. The van der Waals surface area contributed by atoms with Crippen LogP contribution in [0.15, 0.2) is 34.7 Å². The number of hydrogen-bond donors (Lipinski definition) is 2. The van der Waals surface area contributed by atoms with Crippen LogP contribution in [-0.4, -0.2) is 17.6 Å². The van der Waals surface area contributed by atoms with Crippen molar-refractivity contribution >= 4 is 16.9 Å². The number of aliphatic hydroxyl groups is 1. The molecule has 0 aliphatic heterocycles. The van der Waals surface area contributed by atoms with Gasteiger partial charge >= 0.3 is 0 Å². The molecule has 2 rings (SSSR count). The highest BCUT2D eigenvalue weighted by Gasteiger charge is 2.28. The number of carbonyl (C=O) groups is 1. The lowest BCUT2D eigenvalue weighted by atomic mass is 10.0. The molecule has 4 heteroatoms. The van der Waals surface area contributed by atoms with Crippen molar-refractivity contribution in [2.24, 2.45) is 5.92 Å². The molecule has 0 aliphatic carbocycles. The van der Waals surface area contributed by atoms with Crippen LogP contribution in [0.25, 0.3) is 11.0 Å². The quantitative estimate of drug-likeness (QED) is 0.882. The fourth-order valence-corrected chi connectivity index (χ4v) is 2.05. The molecule has 1 aromatic carbocycles. The molecule has 0 bridgehead atoms. The summed E-state index contributed by atoms with van der Waals surface area (Å²) < 4.78 is 5.64. The van der Waals surface area contributed by atoms with Gasteiger partial charge in [0.25, 0.3) is 0 Å². The zero-order chi connectivity index (χ0) is 14.8. The Hall–Kier alpha value is -1.81. The van der Waals surface area contributed by atoms with E-state index >= 15 is 0 Å². The summed E-state index contributed by atoms with van der Waals surface area (Å²) in [6, 6.07) is 9.39. The number of amides is 1. The van der Waals surface area contributed by atoms with E-state index in [9.17, 15) is 9.90 Å². The molecule has 0 fully saturated rings. The van der Waals surface area contributed by atoms with Crippen molar-refractivity contribution in [2.75, 3.05) is 6.54 Å². The molecule has 2 aromatic rings. The molecular formula is C16H21NO3. The van der Waals surface area contributed by atoms with Crippen LogP contribution in [0.4, 0.5) is 0 Å². The highest BCUT2D eigenvalue weighted by atomic mass is 16.4. The van der Waals surface area contributed by atoms with Gasteiger partial charge in [-0.2, -0.15) is 0 Å². The summed E-state index contributed by atoms with van der Waals surface area (Å²) >= 11 is 0. The van der Waals surface area contributed by atoms with E-state index in [-0.39, 0.29) is 12.5 Å². The van der Waals surface area contributed by atoms with E-state index in [1.165, 1.54) is 0 Å². The third-order valence-corrected chi connectivity index (χ3v) is 3.18. The lowest BCUT2D eigenvalue weighted by Gasteiger charge is -2.21. The highest BCUT2D eigenvalue weighted by Crippen LogP contribution is 2.27. The van der Waals surface area contributed by atoms with Crippen molar-refractivity contribution in [1.29, 1.82) is 0 Å². The number of para-hydroxylation sites is 1. The molecule has 1 heterocycles. The van der Waals surface area contributed by atoms with E-state index in [2.05, 4.69) is 5.32 Å². The molecule has 20 heavy (non-hydrogen) atoms. The number of fused-ring (bicyclic) bond motifs is 1. The fourth-order valence-electron chi connectivity index (χ4n) is 2.05. The molecular weight excluding hydrogens is 254 g/mol. The summed E-state index contributed by atoms with van der Waals surface area (Å²) in [4.78, 5) is 11.7. The third-order valence-electron chi connectivity index (χ3n) is 3.18. The Balaban J connectivity index is 2.07. The van der Waals surface area contributed by atoms with E-state index < -0.39 is 5.60 Å². The molecule has 0 radical (unpaired) electrons. The topological polar surface area (TPSA) is 62.5 Å². The van der Waals surface area contributed by atoms with Crippen LogP contribution in [0.1, 0.15) is 33.0 Å². The Kier molecular flexibility index (Phi) is 4.14. The van der Waals surface area contributed by atoms with Crippen molar-refractivity contribution in [3.05, 3.63) is 36.1 Å². The minimum absolute atomic E-state index is 0.0589. The predicted molar refractivity (Wildman–Crippen MR) is 78.2 cm³/mol. The van der Waals surface area contributed by atoms with Crippen LogP contribution in [0.5, 0.6) is 0 Å². The van der Waals surface area contributed by atoms with E-state index in [1.54, 1.807) is 6.92 Å². The number of rotatable bonds is 5. The van der Waals surface area contributed by atoms with Crippen LogP contribution >= 0.6 is 0 Å². The van der Waals surface area contributed by atoms with E-state index in [0.29, 0.717) is 18.1 Å². The third kappa shape index (κ3) is 3.39. The van der Waals surface area contributed by atoms with Gasteiger partial charge in [0.1, 0.15) is 16.9 Å². The van der Waals surface area contributed by atoms with E-state index in [1.807, 2.05) is 44.2 Å². The Morgan fingerprint density at radius 1 is 1.40 bits per heavy atom. The van der Waals surface area contributed by atoms with Gasteiger partial charge in [-0.3, -0.25) is 4.79 Å². The van der Waals surface area contributed by atoms with Crippen molar-refractivity contribution in [3.8, 4) is 0 Å². The number of nitrogens with one attached hydrogen (secondary N) is 1. The molecule has 1 unspecified atom stereocenters. The van der Waals surface area contributed by atoms with Gasteiger partial charge in [0.15, 0.2) is 0 Å². The first-order valence-corrected chi connectivity index (χ1v) is 6.86. The van der Waals surface area contributed by atoms with Gasteiger partial charge in [0, 0.05) is 11.8 Å². The second kappa shape index (κ2) is 5.67. The Labute approximate surface area is 118 Å². The first kappa shape index (κ1) is 14.6. The Morgan fingerprint density at radius 3 is 2.75 bits per heavy atom. The molecule has 4 nitrogen and oxygen atoms in total. The minimum Gasteiger partial charge on any atom is -0.458 e. The molecule has 108 valence electrons. The molecule has 1 amide bonds. The number of hydrogen-bond acceptors (Lipinski definition) is 3. The number of carbonyl (C=O) groups excluding carboxylic acids is 1. The molecule has 0 aliphatic rings. The maximum atomic E-state index is 11.7. The minimum atomic E-state index is -1.22. The maximum Gasteiger partial charge on any atom is 0.220 e. The standard InChI is InChI=1S/C16H21NO3/c1-11(2)8-15(18)17-10-16(3,19)14-9-12-6-4-5-7-13(12)20-14/h4-7,9,11,19H,8,10H2,1-3H3,(H,17,18). The summed E-state index contributed by atoms with van der Waals surface area (Å²) in [6.07, 6.45) is 0.455. The van der Waals surface area contributed by atoms with Crippen LogP contribution in [0, 0.1) is 5.92 Å². The van der Waals surface area contributed by atoms with E-state index in [0.717, 1.165) is 11.0 Å². The molecule has 0 spiro atoms. The van der Waals surface area contributed by atoms with Crippen molar-refractivity contribution in [1.82, 2.24) is 5.32 Å². The van der Waals surface area contributed by atoms with Crippen molar-refractivity contribution in [3.63, 3.8) is 0 Å². The van der Waals surface area contributed by atoms with Crippen LogP contribution in [0.2, 0.25) is 0 Å². The first-order chi connectivity index (χ1) is 9.38. The fraction of sp³-hybridized carbons (Fsp3) is 0.438. The molecule has 0 saturated heterocycles.